The predicted molar refractivity (Wildman–Crippen MR) is 108 cm³/mol. The molecule has 0 saturated heterocycles. The highest BCUT2D eigenvalue weighted by Crippen LogP contribution is 2.33. The summed E-state index contributed by atoms with van der Waals surface area (Å²) in [4.78, 5) is 20.7. The molecule has 0 bridgehead atoms. The van der Waals surface area contributed by atoms with E-state index in [0.29, 0.717) is 23.7 Å². The minimum atomic E-state index is -2.55. The van der Waals surface area contributed by atoms with Gasteiger partial charge in [-0.25, -0.2) is 18.7 Å². The summed E-state index contributed by atoms with van der Waals surface area (Å²) in [6.07, 6.45) is 5.26. The molecule has 4 rings (SSSR count). The molecule has 3 aromatic heterocycles. The first-order valence-corrected chi connectivity index (χ1v) is 9.92. The normalized spacial score (nSPS) is 14.8. The Morgan fingerprint density at radius 1 is 1.37 bits per heavy atom. The molecule has 9 heteroatoms. The molecule has 3 heterocycles. The van der Waals surface area contributed by atoms with Crippen molar-refractivity contribution in [3.63, 3.8) is 0 Å². The van der Waals surface area contributed by atoms with Crippen molar-refractivity contribution in [2.75, 3.05) is 11.9 Å². The van der Waals surface area contributed by atoms with Gasteiger partial charge in [0.1, 0.15) is 5.82 Å². The van der Waals surface area contributed by atoms with Crippen molar-refractivity contribution in [3.05, 3.63) is 41.9 Å². The number of halogens is 2. The second-order valence-corrected chi connectivity index (χ2v) is 7.67. The van der Waals surface area contributed by atoms with Crippen LogP contribution in [0.25, 0.3) is 10.9 Å². The number of hydrogen-bond acceptors (Lipinski definition) is 5. The molecule has 0 aliphatic heterocycles. The van der Waals surface area contributed by atoms with Gasteiger partial charge < -0.3 is 10.1 Å². The van der Waals surface area contributed by atoms with Gasteiger partial charge in [0.05, 0.1) is 16.9 Å². The molecule has 1 N–H and O–H groups in total. The molecule has 1 atom stereocenters. The van der Waals surface area contributed by atoms with E-state index in [1.54, 1.807) is 30.1 Å². The second-order valence-electron chi connectivity index (χ2n) is 7.67. The standard InChI is InChI=1S/C21H23F2N5O2/c1-12-7-15(9-25-21(12)30-11-18(22)23)13(2)28-10-16-17(27-28)5-6-24-20(16)26-19(29)8-14-3-4-14/h5-7,9-10,13-14,18H,3-4,8,11H2,1-2H3,(H,24,26,29). The van der Waals surface area contributed by atoms with Crippen LogP contribution in [0.2, 0.25) is 0 Å². The van der Waals surface area contributed by atoms with Gasteiger partial charge in [-0.1, -0.05) is 0 Å². The van der Waals surface area contributed by atoms with Crippen LogP contribution in [0.3, 0.4) is 0 Å². The molecule has 1 aliphatic rings. The predicted octanol–water partition coefficient (Wildman–Crippen LogP) is 4.13. The average molecular weight is 415 g/mol. The van der Waals surface area contributed by atoms with Crippen molar-refractivity contribution in [1.82, 2.24) is 19.7 Å². The Labute approximate surface area is 172 Å². The molecule has 1 unspecified atom stereocenters. The summed E-state index contributed by atoms with van der Waals surface area (Å²) in [6, 6.07) is 3.48. The molecule has 158 valence electrons. The first-order valence-electron chi connectivity index (χ1n) is 9.92. The van der Waals surface area contributed by atoms with Crippen molar-refractivity contribution in [2.45, 2.75) is 45.6 Å². The number of hydrogen-bond donors (Lipinski definition) is 1. The van der Waals surface area contributed by atoms with Crippen molar-refractivity contribution in [3.8, 4) is 5.88 Å². The van der Waals surface area contributed by atoms with Crippen LogP contribution in [0.15, 0.2) is 30.7 Å². The van der Waals surface area contributed by atoms with Gasteiger partial charge in [0, 0.05) is 30.6 Å². The Kier molecular flexibility index (Phi) is 5.61. The van der Waals surface area contributed by atoms with E-state index in [4.69, 9.17) is 4.74 Å². The van der Waals surface area contributed by atoms with Crippen LogP contribution in [0, 0.1) is 12.8 Å². The topological polar surface area (TPSA) is 81.9 Å². The van der Waals surface area contributed by atoms with E-state index in [1.807, 2.05) is 19.2 Å². The Hall–Kier alpha value is -3.10. The quantitative estimate of drug-likeness (QED) is 0.598. The molecule has 7 nitrogen and oxygen atoms in total. The molecule has 0 radical (unpaired) electrons. The fourth-order valence-corrected chi connectivity index (χ4v) is 3.29. The van der Waals surface area contributed by atoms with Gasteiger partial charge in [0.25, 0.3) is 6.43 Å². The van der Waals surface area contributed by atoms with Crippen LogP contribution < -0.4 is 10.1 Å². The van der Waals surface area contributed by atoms with Gasteiger partial charge in [-0.05, 0) is 50.3 Å². The largest absolute Gasteiger partial charge is 0.471 e. The molecule has 30 heavy (non-hydrogen) atoms. The van der Waals surface area contributed by atoms with Crippen LogP contribution >= 0.6 is 0 Å². The molecule has 0 spiro atoms. The van der Waals surface area contributed by atoms with E-state index >= 15 is 0 Å². The highest BCUT2D eigenvalue weighted by atomic mass is 19.3. The second kappa shape index (κ2) is 8.33. The third-order valence-electron chi connectivity index (χ3n) is 5.16. The molecular formula is C21H23F2N5O2. The first-order chi connectivity index (χ1) is 14.4. The number of nitrogens with one attached hydrogen (secondary N) is 1. The van der Waals surface area contributed by atoms with Gasteiger partial charge in [-0.2, -0.15) is 5.10 Å². The van der Waals surface area contributed by atoms with Crippen LogP contribution in [0.1, 0.15) is 43.4 Å². The molecule has 0 aromatic carbocycles. The summed E-state index contributed by atoms with van der Waals surface area (Å²) >= 11 is 0. The number of carbonyl (C=O) groups excluding carboxylic acids is 1. The number of ether oxygens (including phenoxy) is 1. The molecule has 1 saturated carbocycles. The lowest BCUT2D eigenvalue weighted by Crippen LogP contribution is -2.13. The number of pyridine rings is 2. The first kappa shape index (κ1) is 20.2. The molecule has 3 aromatic rings. The SMILES string of the molecule is Cc1cc(C(C)n2cc3c(NC(=O)CC4CC4)nccc3n2)cnc1OCC(F)F. The number of alkyl halides is 2. The van der Waals surface area contributed by atoms with Crippen molar-refractivity contribution in [2.24, 2.45) is 5.92 Å². The summed E-state index contributed by atoms with van der Waals surface area (Å²) in [5.74, 6) is 1.16. The molecule has 1 fully saturated rings. The Balaban J connectivity index is 1.54. The molecular weight excluding hydrogens is 392 g/mol. The van der Waals surface area contributed by atoms with E-state index in [2.05, 4.69) is 20.4 Å². The average Bonchev–Trinajstić information content (AvgIpc) is 3.40. The lowest BCUT2D eigenvalue weighted by molar-refractivity contribution is -0.116. The van der Waals surface area contributed by atoms with Crippen LogP contribution in [-0.4, -0.2) is 38.7 Å². The number of amides is 1. The van der Waals surface area contributed by atoms with Crippen LogP contribution in [0.5, 0.6) is 5.88 Å². The van der Waals surface area contributed by atoms with E-state index in [9.17, 15) is 13.6 Å². The van der Waals surface area contributed by atoms with Crippen LogP contribution in [-0.2, 0) is 4.79 Å². The maximum atomic E-state index is 12.4. The van der Waals surface area contributed by atoms with Gasteiger partial charge in [0.2, 0.25) is 11.8 Å². The summed E-state index contributed by atoms with van der Waals surface area (Å²) in [6.45, 7) is 3.04. The van der Waals surface area contributed by atoms with Gasteiger partial charge in [-0.3, -0.25) is 9.48 Å². The third-order valence-corrected chi connectivity index (χ3v) is 5.16. The highest BCUT2D eigenvalue weighted by Gasteiger charge is 2.25. The van der Waals surface area contributed by atoms with Gasteiger partial charge >= 0.3 is 0 Å². The van der Waals surface area contributed by atoms with Gasteiger partial charge in [0.15, 0.2) is 6.61 Å². The number of fused-ring (bicyclic) bond motifs is 1. The van der Waals surface area contributed by atoms with Crippen LogP contribution in [0.4, 0.5) is 14.6 Å². The van der Waals surface area contributed by atoms with Gasteiger partial charge in [-0.15, -0.1) is 0 Å². The lowest BCUT2D eigenvalue weighted by atomic mass is 10.1. The summed E-state index contributed by atoms with van der Waals surface area (Å²) in [5.41, 5.74) is 2.25. The monoisotopic (exact) mass is 415 g/mol. The van der Waals surface area contributed by atoms with E-state index in [1.165, 1.54) is 0 Å². The van der Waals surface area contributed by atoms with Crippen molar-refractivity contribution in [1.29, 1.82) is 0 Å². The van der Waals surface area contributed by atoms with Crippen molar-refractivity contribution < 1.29 is 18.3 Å². The van der Waals surface area contributed by atoms with E-state index in [0.717, 1.165) is 29.3 Å². The van der Waals surface area contributed by atoms with E-state index < -0.39 is 13.0 Å². The molecule has 1 aliphatic carbocycles. The lowest BCUT2D eigenvalue weighted by Gasteiger charge is -2.14. The maximum absolute atomic E-state index is 12.4. The number of carbonyl (C=O) groups is 1. The van der Waals surface area contributed by atoms with Crippen molar-refractivity contribution >= 4 is 22.6 Å². The number of aryl methyl sites for hydroxylation is 1. The Morgan fingerprint density at radius 3 is 2.87 bits per heavy atom. The minimum Gasteiger partial charge on any atom is -0.471 e. The fourth-order valence-electron chi connectivity index (χ4n) is 3.29. The number of anilines is 1. The minimum absolute atomic E-state index is 0.0301. The number of rotatable bonds is 8. The molecule has 1 amide bonds. The summed E-state index contributed by atoms with van der Waals surface area (Å²) in [7, 11) is 0. The number of nitrogens with zero attached hydrogens (tertiary/aromatic N) is 4. The van der Waals surface area contributed by atoms with E-state index in [-0.39, 0.29) is 17.8 Å². The summed E-state index contributed by atoms with van der Waals surface area (Å²) in [5, 5.41) is 8.26. The maximum Gasteiger partial charge on any atom is 0.272 e. The zero-order valence-corrected chi connectivity index (χ0v) is 16.8. The Morgan fingerprint density at radius 2 is 2.17 bits per heavy atom. The Bertz CT molecular complexity index is 1060. The third kappa shape index (κ3) is 4.55. The zero-order chi connectivity index (χ0) is 21.3. The number of aromatic nitrogens is 4. The highest BCUT2D eigenvalue weighted by molar-refractivity contribution is 5.99. The fraction of sp³-hybridized carbons (Fsp3) is 0.429. The zero-order valence-electron chi connectivity index (χ0n) is 16.8. The summed E-state index contributed by atoms with van der Waals surface area (Å²) < 4.78 is 31.5. The smallest absolute Gasteiger partial charge is 0.272 e.